The summed E-state index contributed by atoms with van der Waals surface area (Å²) in [5.41, 5.74) is -0.497. The summed E-state index contributed by atoms with van der Waals surface area (Å²) in [6, 6.07) is 4.74. The lowest BCUT2D eigenvalue weighted by molar-refractivity contribution is -0.385. The second-order valence-corrected chi connectivity index (χ2v) is 5.54. The van der Waals surface area contributed by atoms with Crippen LogP contribution in [0.25, 0.3) is 0 Å². The summed E-state index contributed by atoms with van der Waals surface area (Å²) in [7, 11) is -4.29. The fourth-order valence-electron chi connectivity index (χ4n) is 1.48. The normalized spacial score (nSPS) is 11.2. The van der Waals surface area contributed by atoms with Crippen LogP contribution in [0.3, 0.4) is 0 Å². The zero-order valence-corrected chi connectivity index (χ0v) is 10.5. The molecule has 20 heavy (non-hydrogen) atoms. The molecule has 0 aliphatic rings. The van der Waals surface area contributed by atoms with Gasteiger partial charge in [0.25, 0.3) is 5.69 Å². The van der Waals surface area contributed by atoms with Crippen LogP contribution in [-0.2, 0) is 9.84 Å². The van der Waals surface area contributed by atoms with E-state index in [-0.39, 0.29) is 5.76 Å². The van der Waals surface area contributed by atoms with Crippen molar-refractivity contribution in [2.45, 2.75) is 9.99 Å². The van der Waals surface area contributed by atoms with Gasteiger partial charge in [-0.15, -0.1) is 0 Å². The third-order valence-corrected chi connectivity index (χ3v) is 4.08. The highest BCUT2D eigenvalue weighted by Gasteiger charge is 2.27. The van der Waals surface area contributed by atoms with Gasteiger partial charge in [-0.25, -0.2) is 8.42 Å². The van der Waals surface area contributed by atoms with E-state index in [1.807, 2.05) is 0 Å². The highest BCUT2D eigenvalue weighted by molar-refractivity contribution is 7.91. The first-order chi connectivity index (χ1) is 9.36. The van der Waals surface area contributed by atoms with E-state index in [0.717, 1.165) is 24.3 Å². The zero-order valence-electron chi connectivity index (χ0n) is 9.72. The number of rotatable bonds is 4. The lowest BCUT2D eigenvalue weighted by Gasteiger charge is -2.03. The van der Waals surface area contributed by atoms with Crippen LogP contribution in [0, 0.1) is 10.1 Å². The van der Waals surface area contributed by atoms with E-state index in [9.17, 15) is 28.4 Å². The Morgan fingerprint density at radius 3 is 2.50 bits per heavy atom. The number of carbonyl (C=O) groups excluding carboxylic acids is 1. The molecule has 8 nitrogen and oxygen atoms in total. The Kier molecular flexibility index (Phi) is 3.28. The van der Waals surface area contributed by atoms with E-state index < -0.39 is 36.2 Å². The first-order valence-corrected chi connectivity index (χ1v) is 6.62. The quantitative estimate of drug-likeness (QED) is 0.515. The maximum absolute atomic E-state index is 12.2. The number of nitro groups is 1. The van der Waals surface area contributed by atoms with Gasteiger partial charge < -0.3 is 9.52 Å². The monoisotopic (exact) mass is 297 g/mol. The van der Waals surface area contributed by atoms with Crippen molar-refractivity contribution in [3.05, 3.63) is 46.2 Å². The van der Waals surface area contributed by atoms with Gasteiger partial charge in [0, 0.05) is 12.1 Å². The van der Waals surface area contributed by atoms with Gasteiger partial charge in [0.2, 0.25) is 14.9 Å². The van der Waals surface area contributed by atoms with Crippen molar-refractivity contribution in [3.63, 3.8) is 0 Å². The van der Waals surface area contributed by atoms with Crippen LogP contribution in [0.2, 0.25) is 0 Å². The summed E-state index contributed by atoms with van der Waals surface area (Å²) >= 11 is 0. The second kappa shape index (κ2) is 4.78. The van der Waals surface area contributed by atoms with Gasteiger partial charge >= 0.3 is 0 Å². The van der Waals surface area contributed by atoms with Crippen LogP contribution >= 0.6 is 0 Å². The Balaban J connectivity index is 2.62. The molecule has 0 saturated carbocycles. The molecule has 0 fully saturated rings. The number of aldehydes is 1. The number of nitro benzene ring substituents is 1. The van der Waals surface area contributed by atoms with Gasteiger partial charge in [-0.05, 0) is 18.2 Å². The average molecular weight is 297 g/mol. The van der Waals surface area contributed by atoms with Gasteiger partial charge in [-0.2, -0.15) is 0 Å². The summed E-state index contributed by atoms with van der Waals surface area (Å²) in [6.07, 6.45) is 0.312. The maximum atomic E-state index is 12.2. The Morgan fingerprint density at radius 2 is 1.95 bits per heavy atom. The SMILES string of the molecule is O=Cc1ccc(S(=O)(=O)c2cc([N+](=O)[O-])ccc2O)o1. The molecule has 0 radical (unpaired) electrons. The van der Waals surface area contributed by atoms with Crippen molar-refractivity contribution < 1.29 is 27.7 Å². The van der Waals surface area contributed by atoms with Gasteiger partial charge in [0.1, 0.15) is 10.6 Å². The van der Waals surface area contributed by atoms with E-state index in [0.29, 0.717) is 12.4 Å². The molecular weight excluding hydrogens is 290 g/mol. The van der Waals surface area contributed by atoms with E-state index in [4.69, 9.17) is 4.42 Å². The summed E-state index contributed by atoms with van der Waals surface area (Å²) in [6.45, 7) is 0. The largest absolute Gasteiger partial charge is 0.507 e. The Bertz CT molecular complexity index is 791. The molecular formula is C11H7NO7S. The smallest absolute Gasteiger partial charge is 0.271 e. The number of furan rings is 1. The van der Waals surface area contributed by atoms with Crippen LogP contribution in [0.4, 0.5) is 5.69 Å². The number of nitrogens with zero attached hydrogens (tertiary/aromatic N) is 1. The van der Waals surface area contributed by atoms with Gasteiger partial charge in [-0.3, -0.25) is 14.9 Å². The summed E-state index contributed by atoms with van der Waals surface area (Å²) in [4.78, 5) is 19.6. The van der Waals surface area contributed by atoms with Crippen LogP contribution < -0.4 is 0 Å². The lowest BCUT2D eigenvalue weighted by atomic mass is 10.3. The Morgan fingerprint density at radius 1 is 1.25 bits per heavy atom. The number of phenolic OH excluding ortho intramolecular Hbond substituents is 1. The predicted molar refractivity (Wildman–Crippen MR) is 64.3 cm³/mol. The van der Waals surface area contributed by atoms with Gasteiger partial charge in [-0.1, -0.05) is 0 Å². The lowest BCUT2D eigenvalue weighted by Crippen LogP contribution is -2.02. The molecule has 0 aliphatic carbocycles. The molecule has 1 N–H and O–H groups in total. The van der Waals surface area contributed by atoms with Crippen molar-refractivity contribution in [3.8, 4) is 5.75 Å². The molecule has 0 atom stereocenters. The first-order valence-electron chi connectivity index (χ1n) is 5.14. The van der Waals surface area contributed by atoms with Crippen LogP contribution in [0.15, 0.2) is 44.7 Å². The van der Waals surface area contributed by atoms with Crippen molar-refractivity contribution >= 4 is 21.8 Å². The molecule has 0 aliphatic heterocycles. The topological polar surface area (TPSA) is 128 Å². The summed E-state index contributed by atoms with van der Waals surface area (Å²) in [5.74, 6) is -0.867. The van der Waals surface area contributed by atoms with E-state index in [1.165, 1.54) is 0 Å². The molecule has 0 saturated heterocycles. The van der Waals surface area contributed by atoms with Crippen molar-refractivity contribution in [1.82, 2.24) is 0 Å². The number of aromatic hydroxyl groups is 1. The highest BCUT2D eigenvalue weighted by Crippen LogP contribution is 2.32. The number of carbonyl (C=O) groups is 1. The molecule has 1 heterocycles. The van der Waals surface area contributed by atoms with Crippen LogP contribution in [0.5, 0.6) is 5.75 Å². The minimum atomic E-state index is -4.29. The molecule has 2 rings (SSSR count). The highest BCUT2D eigenvalue weighted by atomic mass is 32.2. The third kappa shape index (κ3) is 2.26. The molecule has 2 aromatic rings. The number of phenols is 1. The fourth-order valence-corrected chi connectivity index (χ4v) is 2.77. The van der Waals surface area contributed by atoms with Crippen molar-refractivity contribution in [1.29, 1.82) is 0 Å². The molecule has 0 spiro atoms. The molecule has 1 aromatic heterocycles. The number of sulfone groups is 1. The minimum Gasteiger partial charge on any atom is -0.507 e. The molecule has 0 bridgehead atoms. The summed E-state index contributed by atoms with van der Waals surface area (Å²) in [5, 5.41) is 19.6. The van der Waals surface area contributed by atoms with Crippen LogP contribution in [0.1, 0.15) is 10.6 Å². The average Bonchev–Trinajstić information content (AvgIpc) is 2.88. The molecule has 0 amide bonds. The van der Waals surface area contributed by atoms with Crippen molar-refractivity contribution in [2.24, 2.45) is 0 Å². The van der Waals surface area contributed by atoms with Gasteiger partial charge in [0.05, 0.1) is 4.92 Å². The number of hydrogen-bond acceptors (Lipinski definition) is 7. The third-order valence-electron chi connectivity index (χ3n) is 2.43. The van der Waals surface area contributed by atoms with Gasteiger partial charge in [0.15, 0.2) is 12.0 Å². The zero-order chi connectivity index (χ0) is 14.9. The molecule has 104 valence electrons. The number of benzene rings is 1. The fraction of sp³-hybridized carbons (Fsp3) is 0. The van der Waals surface area contributed by atoms with E-state index in [2.05, 4.69) is 0 Å². The minimum absolute atomic E-state index is 0.214. The number of hydrogen-bond donors (Lipinski definition) is 1. The van der Waals surface area contributed by atoms with E-state index >= 15 is 0 Å². The van der Waals surface area contributed by atoms with E-state index in [1.54, 1.807) is 0 Å². The maximum Gasteiger partial charge on any atom is 0.271 e. The standard InChI is InChI=1S/C11H7NO7S/c13-6-8-2-4-11(19-8)20(17,18)10-5-7(12(15)16)1-3-9(10)14/h1-6,14H. The first kappa shape index (κ1) is 13.7. The summed E-state index contributed by atoms with van der Waals surface area (Å²) < 4.78 is 29.1. The Hall–Kier alpha value is -2.68. The van der Waals surface area contributed by atoms with Crippen LogP contribution in [-0.4, -0.2) is 24.7 Å². The number of non-ortho nitro benzene ring substituents is 1. The van der Waals surface area contributed by atoms with Crippen molar-refractivity contribution in [2.75, 3.05) is 0 Å². The molecule has 9 heteroatoms. The second-order valence-electron chi connectivity index (χ2n) is 3.69. The molecule has 1 aromatic carbocycles. The molecule has 0 unspecified atom stereocenters. The predicted octanol–water partition coefficient (Wildman–Crippen LogP) is 1.54. The Labute approximate surface area is 112 Å².